The molecule has 0 bridgehead atoms. The first-order valence-corrected chi connectivity index (χ1v) is 8.44. The molecule has 0 radical (unpaired) electrons. The molecule has 114 valence electrons. The monoisotopic (exact) mass is 315 g/mol. The smallest absolute Gasteiger partial charge is 0.265 e. The van der Waals surface area contributed by atoms with Crippen LogP contribution in [0.25, 0.3) is 0 Å². The minimum Gasteiger partial charge on any atom is -0.490 e. The Morgan fingerprint density at radius 1 is 1.05 bits per heavy atom. The number of fused-ring (bicyclic) bond motifs is 2. The van der Waals surface area contributed by atoms with Gasteiger partial charge in [0.2, 0.25) is 0 Å². The van der Waals surface area contributed by atoms with Crippen molar-refractivity contribution in [2.24, 2.45) is 0 Å². The Morgan fingerprint density at radius 3 is 2.77 bits per heavy atom. The molecule has 0 unspecified atom stereocenters. The third-order valence-electron chi connectivity index (χ3n) is 3.98. The molecule has 5 heteroatoms. The van der Waals surface area contributed by atoms with Gasteiger partial charge in [-0.15, -0.1) is 11.3 Å². The Morgan fingerprint density at radius 2 is 1.91 bits per heavy atom. The molecule has 0 saturated heterocycles. The van der Waals surface area contributed by atoms with Crippen LogP contribution >= 0.6 is 11.3 Å². The fourth-order valence-corrected chi connectivity index (χ4v) is 4.02. The summed E-state index contributed by atoms with van der Waals surface area (Å²) in [7, 11) is 0. The van der Waals surface area contributed by atoms with Crippen LogP contribution in [0.2, 0.25) is 0 Å². The van der Waals surface area contributed by atoms with Gasteiger partial charge < -0.3 is 14.8 Å². The quantitative estimate of drug-likeness (QED) is 0.920. The lowest BCUT2D eigenvalue weighted by Gasteiger charge is -2.10. The zero-order valence-electron chi connectivity index (χ0n) is 12.2. The average Bonchev–Trinajstić information content (AvgIpc) is 3.02. The van der Waals surface area contributed by atoms with E-state index in [1.165, 1.54) is 16.9 Å². The summed E-state index contributed by atoms with van der Waals surface area (Å²) >= 11 is 1.61. The number of hydrogen-bond donors (Lipinski definition) is 1. The van der Waals surface area contributed by atoms with Gasteiger partial charge in [-0.05, 0) is 43.0 Å². The maximum absolute atomic E-state index is 12.4. The molecule has 1 N–H and O–H groups in total. The molecular formula is C17H17NO3S. The molecule has 22 heavy (non-hydrogen) atoms. The van der Waals surface area contributed by atoms with Gasteiger partial charge in [0.1, 0.15) is 0 Å². The second-order valence-electron chi connectivity index (χ2n) is 5.58. The standard InChI is InChI=1S/C17H17NO3S/c19-17(16-9-11-3-1-4-15(11)22-16)18-12-5-6-13-14(10-12)21-8-2-7-20-13/h5-6,9-10H,1-4,7-8H2,(H,18,19). The van der Waals surface area contributed by atoms with Crippen LogP contribution in [0.15, 0.2) is 24.3 Å². The van der Waals surface area contributed by atoms with E-state index in [1.807, 2.05) is 24.3 Å². The van der Waals surface area contributed by atoms with Crippen LogP contribution in [0.4, 0.5) is 5.69 Å². The van der Waals surface area contributed by atoms with Crippen LogP contribution in [0.5, 0.6) is 11.5 Å². The molecule has 1 aliphatic carbocycles. The van der Waals surface area contributed by atoms with Crippen LogP contribution < -0.4 is 14.8 Å². The Labute approximate surface area is 133 Å². The summed E-state index contributed by atoms with van der Waals surface area (Å²) in [5.74, 6) is 1.39. The van der Waals surface area contributed by atoms with Crippen molar-refractivity contribution in [3.05, 3.63) is 39.6 Å². The molecule has 0 spiro atoms. The Balaban J connectivity index is 1.52. The van der Waals surface area contributed by atoms with E-state index < -0.39 is 0 Å². The SMILES string of the molecule is O=C(Nc1ccc2c(c1)OCCCO2)c1cc2c(s1)CCC2. The fraction of sp³-hybridized carbons (Fsp3) is 0.353. The van der Waals surface area contributed by atoms with Gasteiger partial charge in [0.25, 0.3) is 5.91 Å². The lowest BCUT2D eigenvalue weighted by molar-refractivity contribution is 0.103. The van der Waals surface area contributed by atoms with E-state index in [1.54, 1.807) is 11.3 Å². The fourth-order valence-electron chi connectivity index (χ4n) is 2.87. The first-order chi connectivity index (χ1) is 10.8. The van der Waals surface area contributed by atoms with E-state index in [4.69, 9.17) is 9.47 Å². The predicted molar refractivity (Wildman–Crippen MR) is 86.3 cm³/mol. The van der Waals surface area contributed by atoms with Gasteiger partial charge >= 0.3 is 0 Å². The molecule has 1 aromatic carbocycles. The van der Waals surface area contributed by atoms with Crippen LogP contribution in [0.3, 0.4) is 0 Å². The number of benzene rings is 1. The van der Waals surface area contributed by atoms with Crippen molar-refractivity contribution in [3.63, 3.8) is 0 Å². The van der Waals surface area contributed by atoms with Crippen molar-refractivity contribution in [2.75, 3.05) is 18.5 Å². The summed E-state index contributed by atoms with van der Waals surface area (Å²) in [5.41, 5.74) is 2.08. The number of nitrogens with one attached hydrogen (secondary N) is 1. The van der Waals surface area contributed by atoms with Crippen LogP contribution in [0.1, 0.15) is 33.0 Å². The summed E-state index contributed by atoms with van der Waals surface area (Å²) in [5, 5.41) is 2.95. The van der Waals surface area contributed by atoms with Gasteiger partial charge in [-0.1, -0.05) is 0 Å². The predicted octanol–water partition coefficient (Wildman–Crippen LogP) is 3.65. The summed E-state index contributed by atoms with van der Waals surface area (Å²) < 4.78 is 11.3. The largest absolute Gasteiger partial charge is 0.490 e. The third kappa shape index (κ3) is 2.57. The minimum absolute atomic E-state index is 0.0473. The number of ether oxygens (including phenoxy) is 2. The highest BCUT2D eigenvalue weighted by Crippen LogP contribution is 2.34. The van der Waals surface area contributed by atoms with Gasteiger partial charge in [0.05, 0.1) is 18.1 Å². The van der Waals surface area contributed by atoms with Gasteiger partial charge in [-0.3, -0.25) is 4.79 Å². The number of carbonyl (C=O) groups excluding carboxylic acids is 1. The highest BCUT2D eigenvalue weighted by Gasteiger charge is 2.19. The maximum atomic E-state index is 12.4. The Kier molecular flexibility index (Phi) is 3.50. The summed E-state index contributed by atoms with van der Waals surface area (Å²) in [6.07, 6.45) is 4.29. The second kappa shape index (κ2) is 5.65. The number of hydrogen-bond acceptors (Lipinski definition) is 4. The van der Waals surface area contributed by atoms with E-state index in [-0.39, 0.29) is 5.91 Å². The van der Waals surface area contributed by atoms with Gasteiger partial charge in [-0.25, -0.2) is 0 Å². The summed E-state index contributed by atoms with van der Waals surface area (Å²) in [6, 6.07) is 7.57. The topological polar surface area (TPSA) is 47.6 Å². The van der Waals surface area contributed by atoms with E-state index in [9.17, 15) is 4.79 Å². The van der Waals surface area contributed by atoms with Gasteiger partial charge in [-0.2, -0.15) is 0 Å². The molecule has 4 nitrogen and oxygen atoms in total. The lowest BCUT2D eigenvalue weighted by Crippen LogP contribution is -2.10. The highest BCUT2D eigenvalue weighted by atomic mass is 32.1. The molecule has 0 fully saturated rings. The number of amides is 1. The zero-order valence-corrected chi connectivity index (χ0v) is 13.0. The molecule has 1 aliphatic heterocycles. The molecular weight excluding hydrogens is 298 g/mol. The number of carbonyl (C=O) groups is 1. The minimum atomic E-state index is -0.0473. The number of aryl methyl sites for hydroxylation is 2. The Bertz CT molecular complexity index is 701. The van der Waals surface area contributed by atoms with Crippen LogP contribution in [-0.2, 0) is 12.8 Å². The summed E-state index contributed by atoms with van der Waals surface area (Å²) in [4.78, 5) is 14.5. The van der Waals surface area contributed by atoms with Gasteiger partial charge in [0.15, 0.2) is 11.5 Å². The number of thiophene rings is 1. The van der Waals surface area contributed by atoms with E-state index in [0.717, 1.165) is 35.6 Å². The van der Waals surface area contributed by atoms with Crippen molar-refractivity contribution < 1.29 is 14.3 Å². The number of anilines is 1. The van der Waals surface area contributed by atoms with E-state index in [2.05, 4.69) is 5.32 Å². The molecule has 4 rings (SSSR count). The molecule has 1 aromatic heterocycles. The average molecular weight is 315 g/mol. The first-order valence-electron chi connectivity index (χ1n) is 7.62. The van der Waals surface area contributed by atoms with E-state index >= 15 is 0 Å². The van der Waals surface area contributed by atoms with Crippen molar-refractivity contribution >= 4 is 22.9 Å². The van der Waals surface area contributed by atoms with Gasteiger partial charge in [0, 0.05) is 23.1 Å². The molecule has 1 amide bonds. The van der Waals surface area contributed by atoms with E-state index in [0.29, 0.717) is 19.0 Å². The second-order valence-corrected chi connectivity index (χ2v) is 6.72. The molecule has 2 heterocycles. The third-order valence-corrected chi connectivity index (χ3v) is 5.21. The van der Waals surface area contributed by atoms with Crippen LogP contribution in [0, 0.1) is 0 Å². The molecule has 2 aliphatic rings. The number of rotatable bonds is 2. The van der Waals surface area contributed by atoms with Crippen molar-refractivity contribution in [1.29, 1.82) is 0 Å². The first kappa shape index (κ1) is 13.6. The molecule has 0 saturated carbocycles. The van der Waals surface area contributed by atoms with Crippen molar-refractivity contribution in [3.8, 4) is 11.5 Å². The van der Waals surface area contributed by atoms with Crippen molar-refractivity contribution in [2.45, 2.75) is 25.7 Å². The molecule has 0 atom stereocenters. The summed E-state index contributed by atoms with van der Waals surface area (Å²) in [6.45, 7) is 1.31. The zero-order chi connectivity index (χ0) is 14.9. The maximum Gasteiger partial charge on any atom is 0.265 e. The normalized spacial score (nSPS) is 16.0. The van der Waals surface area contributed by atoms with Crippen LogP contribution in [-0.4, -0.2) is 19.1 Å². The van der Waals surface area contributed by atoms with Crippen molar-refractivity contribution in [1.82, 2.24) is 0 Å². The molecule has 2 aromatic rings. The highest BCUT2D eigenvalue weighted by molar-refractivity contribution is 7.14. The lowest BCUT2D eigenvalue weighted by atomic mass is 10.2. The Hall–Kier alpha value is -2.01.